The zero-order chi connectivity index (χ0) is 12.8. The van der Waals surface area contributed by atoms with Gasteiger partial charge in [0.15, 0.2) is 0 Å². The van der Waals surface area contributed by atoms with Gasteiger partial charge in [0.2, 0.25) is 0 Å². The van der Waals surface area contributed by atoms with Gasteiger partial charge in [-0.2, -0.15) is 5.26 Å². The molecular weight excluding hydrogens is 222 g/mol. The van der Waals surface area contributed by atoms with Gasteiger partial charge in [-0.05, 0) is 42.4 Å². The van der Waals surface area contributed by atoms with Gasteiger partial charge in [-0.1, -0.05) is 31.2 Å². The van der Waals surface area contributed by atoms with Crippen molar-refractivity contribution in [2.45, 2.75) is 26.4 Å². The highest BCUT2D eigenvalue weighted by Crippen LogP contribution is 2.25. The van der Waals surface area contributed by atoms with Gasteiger partial charge in [-0.3, -0.25) is 0 Å². The topological polar surface area (TPSA) is 33.0 Å². The van der Waals surface area contributed by atoms with Crippen molar-refractivity contribution >= 4 is 0 Å². The maximum Gasteiger partial charge on any atom is 0.0991 e. The smallest absolute Gasteiger partial charge is 0.0991 e. The van der Waals surface area contributed by atoms with E-state index in [4.69, 9.17) is 10.00 Å². The van der Waals surface area contributed by atoms with Crippen LogP contribution in [0.2, 0.25) is 0 Å². The normalized spacial score (nSPS) is 22.7. The van der Waals surface area contributed by atoms with Crippen LogP contribution in [0.3, 0.4) is 0 Å². The fraction of sp³-hybridized carbons (Fsp3) is 0.438. The van der Waals surface area contributed by atoms with Gasteiger partial charge in [0.05, 0.1) is 24.8 Å². The van der Waals surface area contributed by atoms with Crippen LogP contribution in [-0.2, 0) is 11.3 Å². The first-order valence-corrected chi connectivity index (χ1v) is 6.51. The van der Waals surface area contributed by atoms with Crippen LogP contribution in [0.1, 0.15) is 30.9 Å². The molecule has 2 heteroatoms. The minimum Gasteiger partial charge on any atom is -0.376 e. The summed E-state index contributed by atoms with van der Waals surface area (Å²) in [6.07, 6.45) is 6.80. The van der Waals surface area contributed by atoms with Gasteiger partial charge < -0.3 is 4.74 Å². The highest BCUT2D eigenvalue weighted by Gasteiger charge is 2.18. The van der Waals surface area contributed by atoms with Crippen LogP contribution in [0.25, 0.3) is 0 Å². The molecule has 0 aliphatic heterocycles. The molecule has 2 rings (SSSR count). The molecule has 0 bridgehead atoms. The van der Waals surface area contributed by atoms with Crippen LogP contribution in [0, 0.1) is 23.2 Å². The number of benzene rings is 1. The lowest BCUT2D eigenvalue weighted by molar-refractivity contribution is 0.0680. The Hall–Kier alpha value is -1.59. The second-order valence-corrected chi connectivity index (χ2v) is 5.01. The Balaban J connectivity index is 1.81. The first kappa shape index (κ1) is 12.9. The first-order valence-electron chi connectivity index (χ1n) is 6.51. The van der Waals surface area contributed by atoms with Crippen molar-refractivity contribution in [2.75, 3.05) is 6.61 Å². The van der Waals surface area contributed by atoms with Crippen molar-refractivity contribution in [3.63, 3.8) is 0 Å². The van der Waals surface area contributed by atoms with Crippen molar-refractivity contribution in [3.8, 4) is 6.07 Å². The lowest BCUT2D eigenvalue weighted by Gasteiger charge is -2.24. The van der Waals surface area contributed by atoms with E-state index in [1.165, 1.54) is 0 Å². The number of rotatable bonds is 4. The quantitative estimate of drug-likeness (QED) is 0.753. The molecule has 0 amide bonds. The van der Waals surface area contributed by atoms with E-state index < -0.39 is 0 Å². The van der Waals surface area contributed by atoms with Gasteiger partial charge in [-0.25, -0.2) is 0 Å². The van der Waals surface area contributed by atoms with Crippen LogP contribution in [0.4, 0.5) is 0 Å². The Morgan fingerprint density at radius 3 is 2.94 bits per heavy atom. The summed E-state index contributed by atoms with van der Waals surface area (Å²) in [7, 11) is 0. The lowest BCUT2D eigenvalue weighted by atomic mass is 9.85. The van der Waals surface area contributed by atoms with E-state index >= 15 is 0 Å². The van der Waals surface area contributed by atoms with E-state index in [-0.39, 0.29) is 0 Å². The Labute approximate surface area is 109 Å². The lowest BCUT2D eigenvalue weighted by Crippen LogP contribution is -2.19. The monoisotopic (exact) mass is 241 g/mol. The van der Waals surface area contributed by atoms with Gasteiger partial charge >= 0.3 is 0 Å². The molecule has 0 saturated carbocycles. The molecule has 1 aliphatic carbocycles. The van der Waals surface area contributed by atoms with Crippen LogP contribution < -0.4 is 0 Å². The van der Waals surface area contributed by atoms with Crippen molar-refractivity contribution in [2.24, 2.45) is 11.8 Å². The van der Waals surface area contributed by atoms with Crippen LogP contribution in [-0.4, -0.2) is 6.61 Å². The first-order chi connectivity index (χ1) is 8.79. The summed E-state index contributed by atoms with van der Waals surface area (Å²) < 4.78 is 5.79. The molecule has 1 aliphatic rings. The Morgan fingerprint density at radius 2 is 2.17 bits per heavy atom. The Bertz CT molecular complexity index is 458. The highest BCUT2D eigenvalue weighted by molar-refractivity contribution is 5.32. The summed E-state index contributed by atoms with van der Waals surface area (Å²) >= 11 is 0. The zero-order valence-corrected chi connectivity index (χ0v) is 10.8. The molecule has 2 unspecified atom stereocenters. The number of allylic oxidation sites excluding steroid dienone is 2. The van der Waals surface area contributed by atoms with E-state index in [1.54, 1.807) is 0 Å². The largest absolute Gasteiger partial charge is 0.376 e. The number of nitrogens with zero attached hydrogens (tertiary/aromatic N) is 1. The van der Waals surface area contributed by atoms with E-state index in [1.807, 2.05) is 24.3 Å². The summed E-state index contributed by atoms with van der Waals surface area (Å²) in [4.78, 5) is 0. The SMILES string of the molecule is CC1CC=CCC1COCc1cccc(C#N)c1. The third-order valence-corrected chi connectivity index (χ3v) is 3.57. The fourth-order valence-corrected chi connectivity index (χ4v) is 2.30. The average molecular weight is 241 g/mol. The number of hydrogen-bond donors (Lipinski definition) is 0. The van der Waals surface area contributed by atoms with Gasteiger partial charge in [0.25, 0.3) is 0 Å². The Kier molecular flexibility index (Phi) is 4.55. The molecule has 0 aromatic heterocycles. The molecule has 0 radical (unpaired) electrons. The predicted molar refractivity (Wildman–Crippen MR) is 71.8 cm³/mol. The fourth-order valence-electron chi connectivity index (χ4n) is 2.30. The number of ether oxygens (including phenoxy) is 1. The second kappa shape index (κ2) is 6.37. The molecule has 2 atom stereocenters. The number of hydrogen-bond acceptors (Lipinski definition) is 2. The van der Waals surface area contributed by atoms with E-state index in [9.17, 15) is 0 Å². The summed E-state index contributed by atoms with van der Waals surface area (Å²) in [5.74, 6) is 1.34. The third kappa shape index (κ3) is 3.45. The predicted octanol–water partition coefficient (Wildman–Crippen LogP) is 3.68. The molecule has 0 N–H and O–H groups in total. The van der Waals surface area contributed by atoms with E-state index in [0.717, 1.165) is 25.0 Å². The minimum atomic E-state index is 0.600. The highest BCUT2D eigenvalue weighted by atomic mass is 16.5. The minimum absolute atomic E-state index is 0.600. The van der Waals surface area contributed by atoms with Gasteiger partial charge in [-0.15, -0.1) is 0 Å². The molecule has 0 spiro atoms. The molecule has 1 aromatic carbocycles. The van der Waals surface area contributed by atoms with Crippen molar-refractivity contribution in [1.29, 1.82) is 5.26 Å². The maximum absolute atomic E-state index is 8.83. The molecule has 2 nitrogen and oxygen atoms in total. The van der Waals surface area contributed by atoms with Crippen LogP contribution in [0.5, 0.6) is 0 Å². The van der Waals surface area contributed by atoms with Crippen LogP contribution >= 0.6 is 0 Å². The third-order valence-electron chi connectivity index (χ3n) is 3.57. The maximum atomic E-state index is 8.83. The van der Waals surface area contributed by atoms with Crippen molar-refractivity contribution in [3.05, 3.63) is 47.5 Å². The molecule has 18 heavy (non-hydrogen) atoms. The van der Waals surface area contributed by atoms with Crippen molar-refractivity contribution in [1.82, 2.24) is 0 Å². The van der Waals surface area contributed by atoms with Crippen molar-refractivity contribution < 1.29 is 4.74 Å². The molecule has 0 heterocycles. The zero-order valence-electron chi connectivity index (χ0n) is 10.8. The number of nitriles is 1. The molecule has 0 fully saturated rings. The molecule has 94 valence electrons. The van der Waals surface area contributed by atoms with E-state index in [2.05, 4.69) is 25.1 Å². The summed E-state index contributed by atoms with van der Waals surface area (Å²) in [6, 6.07) is 9.77. The Morgan fingerprint density at radius 1 is 1.33 bits per heavy atom. The second-order valence-electron chi connectivity index (χ2n) is 5.01. The van der Waals surface area contributed by atoms with Gasteiger partial charge in [0.1, 0.15) is 0 Å². The van der Waals surface area contributed by atoms with Crippen LogP contribution in [0.15, 0.2) is 36.4 Å². The molecule has 1 aromatic rings. The molecule has 0 saturated heterocycles. The average Bonchev–Trinajstić information content (AvgIpc) is 2.41. The summed E-state index contributed by atoms with van der Waals surface area (Å²) in [5.41, 5.74) is 1.78. The van der Waals surface area contributed by atoms with E-state index in [0.29, 0.717) is 24.0 Å². The summed E-state index contributed by atoms with van der Waals surface area (Å²) in [6.45, 7) is 3.69. The summed E-state index contributed by atoms with van der Waals surface area (Å²) in [5, 5.41) is 8.83. The molecular formula is C16H19NO. The van der Waals surface area contributed by atoms with Gasteiger partial charge in [0, 0.05) is 0 Å². The standard InChI is InChI=1S/C16H19NO/c1-13-5-2-3-8-16(13)12-18-11-15-7-4-6-14(9-15)10-17/h2-4,6-7,9,13,16H,5,8,11-12H2,1H3.